The van der Waals surface area contributed by atoms with Crippen LogP contribution in [0.4, 0.5) is 0 Å². The molecule has 1 saturated carbocycles. The number of hydrogen-bond donors (Lipinski definition) is 1. The number of aliphatic hydroxyl groups excluding tert-OH is 1. The highest BCUT2D eigenvalue weighted by atomic mass is 16.3. The van der Waals surface area contributed by atoms with E-state index in [-0.39, 0.29) is 11.2 Å². The lowest BCUT2D eigenvalue weighted by atomic mass is 9.70. The SMILES string of the molecule is CCC(O)=C1CC(C(C)(C)C)CCC1=O. The van der Waals surface area contributed by atoms with Crippen molar-refractivity contribution >= 4 is 5.78 Å². The van der Waals surface area contributed by atoms with Crippen molar-refractivity contribution in [1.29, 1.82) is 0 Å². The van der Waals surface area contributed by atoms with Crippen molar-refractivity contribution in [1.82, 2.24) is 0 Å². The lowest BCUT2D eigenvalue weighted by molar-refractivity contribution is -0.117. The van der Waals surface area contributed by atoms with Crippen molar-refractivity contribution in [3.05, 3.63) is 11.3 Å². The van der Waals surface area contributed by atoms with E-state index in [2.05, 4.69) is 20.8 Å². The molecular weight excluding hydrogens is 188 g/mol. The molecule has 2 heteroatoms. The van der Waals surface area contributed by atoms with E-state index in [1.807, 2.05) is 6.92 Å². The summed E-state index contributed by atoms with van der Waals surface area (Å²) in [6.07, 6.45) is 2.88. The second-order valence-corrected chi connectivity index (χ2v) is 5.51. The van der Waals surface area contributed by atoms with Gasteiger partial charge in [0.25, 0.3) is 0 Å². The lowest BCUT2D eigenvalue weighted by Gasteiger charge is -2.34. The first kappa shape index (κ1) is 12.3. The van der Waals surface area contributed by atoms with Gasteiger partial charge in [-0.25, -0.2) is 0 Å². The molecule has 0 saturated heterocycles. The monoisotopic (exact) mass is 210 g/mol. The van der Waals surface area contributed by atoms with Gasteiger partial charge < -0.3 is 5.11 Å². The molecule has 0 spiro atoms. The van der Waals surface area contributed by atoms with E-state index < -0.39 is 0 Å². The number of allylic oxidation sites excluding steroid dienone is 2. The summed E-state index contributed by atoms with van der Waals surface area (Å²) < 4.78 is 0. The molecule has 0 aromatic carbocycles. The molecule has 1 unspecified atom stereocenters. The molecule has 1 aliphatic rings. The second kappa shape index (κ2) is 4.38. The Labute approximate surface area is 92.4 Å². The minimum atomic E-state index is 0.148. The maximum absolute atomic E-state index is 11.6. The standard InChI is InChI=1S/C13H22O2/c1-5-11(14)10-8-9(13(2,3)4)6-7-12(10)15/h9,14H,5-8H2,1-4H3. The van der Waals surface area contributed by atoms with Gasteiger partial charge in [0.15, 0.2) is 5.78 Å². The number of carbonyl (C=O) groups excluding carboxylic acids is 1. The highest BCUT2D eigenvalue weighted by Gasteiger charge is 2.32. The minimum Gasteiger partial charge on any atom is -0.512 e. The number of hydrogen-bond acceptors (Lipinski definition) is 2. The highest BCUT2D eigenvalue weighted by molar-refractivity contribution is 5.96. The van der Waals surface area contributed by atoms with Gasteiger partial charge in [-0.15, -0.1) is 0 Å². The quantitative estimate of drug-likeness (QED) is 0.530. The second-order valence-electron chi connectivity index (χ2n) is 5.51. The molecule has 2 nitrogen and oxygen atoms in total. The summed E-state index contributed by atoms with van der Waals surface area (Å²) in [7, 11) is 0. The van der Waals surface area contributed by atoms with Crippen LogP contribution in [0.1, 0.15) is 53.4 Å². The van der Waals surface area contributed by atoms with Crippen LogP contribution in [0.25, 0.3) is 0 Å². The van der Waals surface area contributed by atoms with Crippen LogP contribution in [-0.2, 0) is 4.79 Å². The van der Waals surface area contributed by atoms with Crippen molar-refractivity contribution in [2.75, 3.05) is 0 Å². The molecule has 0 bridgehead atoms. The van der Waals surface area contributed by atoms with Crippen LogP contribution < -0.4 is 0 Å². The predicted octanol–water partition coefficient (Wildman–Crippen LogP) is 3.62. The zero-order valence-corrected chi connectivity index (χ0v) is 10.3. The van der Waals surface area contributed by atoms with Gasteiger partial charge in [-0.1, -0.05) is 27.7 Å². The summed E-state index contributed by atoms with van der Waals surface area (Å²) in [4.78, 5) is 11.6. The third-order valence-corrected chi connectivity index (χ3v) is 3.41. The van der Waals surface area contributed by atoms with Crippen LogP contribution >= 0.6 is 0 Å². The zero-order valence-electron chi connectivity index (χ0n) is 10.3. The van der Waals surface area contributed by atoms with Gasteiger partial charge in [0.1, 0.15) is 0 Å². The molecule has 15 heavy (non-hydrogen) atoms. The Balaban J connectivity index is 2.87. The van der Waals surface area contributed by atoms with Crippen LogP contribution in [0.3, 0.4) is 0 Å². The number of carbonyl (C=O) groups is 1. The number of Topliss-reactive ketones (excluding diaryl/α,β-unsaturated/α-hetero) is 1. The van der Waals surface area contributed by atoms with Crippen LogP contribution in [0.2, 0.25) is 0 Å². The fourth-order valence-corrected chi connectivity index (χ4v) is 2.15. The Kier molecular flexibility index (Phi) is 3.58. The average molecular weight is 210 g/mol. The number of rotatable bonds is 1. The fraction of sp³-hybridized carbons (Fsp3) is 0.769. The molecular formula is C13H22O2. The molecule has 1 N–H and O–H groups in total. The first-order chi connectivity index (χ1) is 6.86. The Morgan fingerprint density at radius 3 is 2.53 bits per heavy atom. The van der Waals surface area contributed by atoms with Gasteiger partial charge in [-0.2, -0.15) is 0 Å². The summed E-state index contributed by atoms with van der Waals surface area (Å²) in [6, 6.07) is 0. The Morgan fingerprint density at radius 1 is 1.47 bits per heavy atom. The summed E-state index contributed by atoms with van der Waals surface area (Å²) in [5, 5.41) is 9.70. The summed E-state index contributed by atoms with van der Waals surface area (Å²) in [5.74, 6) is 0.961. The van der Waals surface area contributed by atoms with Gasteiger partial charge in [0.2, 0.25) is 0 Å². The molecule has 0 aromatic heterocycles. The van der Waals surface area contributed by atoms with E-state index in [1.165, 1.54) is 0 Å². The third-order valence-electron chi connectivity index (χ3n) is 3.41. The summed E-state index contributed by atoms with van der Waals surface area (Å²) in [6.45, 7) is 8.49. The van der Waals surface area contributed by atoms with Crippen LogP contribution in [0, 0.1) is 11.3 Å². The zero-order chi connectivity index (χ0) is 11.6. The van der Waals surface area contributed by atoms with E-state index in [9.17, 15) is 9.90 Å². The molecule has 0 heterocycles. The molecule has 1 atom stereocenters. The predicted molar refractivity (Wildman–Crippen MR) is 61.7 cm³/mol. The third kappa shape index (κ3) is 2.83. The van der Waals surface area contributed by atoms with Crippen molar-refractivity contribution in [2.24, 2.45) is 11.3 Å². The van der Waals surface area contributed by atoms with Crippen molar-refractivity contribution in [3.63, 3.8) is 0 Å². The number of aliphatic hydroxyl groups is 1. The fourth-order valence-electron chi connectivity index (χ4n) is 2.15. The van der Waals surface area contributed by atoms with Gasteiger partial charge in [0.05, 0.1) is 5.76 Å². The molecule has 86 valence electrons. The minimum absolute atomic E-state index is 0.148. The van der Waals surface area contributed by atoms with Crippen molar-refractivity contribution in [3.8, 4) is 0 Å². The van der Waals surface area contributed by atoms with Gasteiger partial charge >= 0.3 is 0 Å². The van der Waals surface area contributed by atoms with Gasteiger partial charge in [-0.3, -0.25) is 4.79 Å². The highest BCUT2D eigenvalue weighted by Crippen LogP contribution is 2.39. The van der Waals surface area contributed by atoms with E-state index in [4.69, 9.17) is 0 Å². The van der Waals surface area contributed by atoms with Gasteiger partial charge in [0, 0.05) is 18.4 Å². The molecule has 0 aliphatic heterocycles. The van der Waals surface area contributed by atoms with Crippen LogP contribution in [0.5, 0.6) is 0 Å². The molecule has 0 amide bonds. The summed E-state index contributed by atoms with van der Waals surface area (Å²) >= 11 is 0. The van der Waals surface area contributed by atoms with E-state index in [0.717, 1.165) is 12.8 Å². The van der Waals surface area contributed by atoms with E-state index in [1.54, 1.807) is 0 Å². The van der Waals surface area contributed by atoms with Gasteiger partial charge in [-0.05, 0) is 24.2 Å². The number of ketones is 1. The molecule has 0 radical (unpaired) electrons. The Hall–Kier alpha value is -0.790. The molecule has 0 aromatic rings. The Bertz CT molecular complexity index is 281. The first-order valence-electron chi connectivity index (χ1n) is 5.80. The molecule has 1 aliphatic carbocycles. The van der Waals surface area contributed by atoms with E-state index >= 15 is 0 Å². The maximum atomic E-state index is 11.6. The molecule has 1 rings (SSSR count). The summed E-state index contributed by atoms with van der Waals surface area (Å²) in [5.41, 5.74) is 0.906. The van der Waals surface area contributed by atoms with Crippen molar-refractivity contribution < 1.29 is 9.90 Å². The largest absolute Gasteiger partial charge is 0.512 e. The van der Waals surface area contributed by atoms with E-state index in [0.29, 0.717) is 30.1 Å². The smallest absolute Gasteiger partial charge is 0.162 e. The topological polar surface area (TPSA) is 37.3 Å². The lowest BCUT2D eigenvalue weighted by Crippen LogP contribution is -2.28. The normalized spacial score (nSPS) is 26.7. The first-order valence-corrected chi connectivity index (χ1v) is 5.80. The maximum Gasteiger partial charge on any atom is 0.162 e. The average Bonchev–Trinajstić information content (AvgIpc) is 2.15. The van der Waals surface area contributed by atoms with Crippen molar-refractivity contribution in [2.45, 2.75) is 53.4 Å². The van der Waals surface area contributed by atoms with Crippen LogP contribution in [-0.4, -0.2) is 10.9 Å². The van der Waals surface area contributed by atoms with Crippen LogP contribution in [0.15, 0.2) is 11.3 Å². The Morgan fingerprint density at radius 2 is 2.07 bits per heavy atom. The molecule has 1 fully saturated rings.